The van der Waals surface area contributed by atoms with E-state index in [4.69, 9.17) is 9.47 Å². The second kappa shape index (κ2) is 9.54. The van der Waals surface area contributed by atoms with Gasteiger partial charge in [0.05, 0.1) is 38.0 Å². The lowest BCUT2D eigenvalue weighted by Crippen LogP contribution is -2.45. The van der Waals surface area contributed by atoms with Crippen molar-refractivity contribution in [2.75, 3.05) is 25.2 Å². The van der Waals surface area contributed by atoms with Crippen molar-refractivity contribution in [1.29, 1.82) is 0 Å². The number of aliphatic hydroxyl groups is 1. The summed E-state index contributed by atoms with van der Waals surface area (Å²) in [7, 11) is -1.31. The number of para-hydroxylation sites is 1. The van der Waals surface area contributed by atoms with Crippen molar-refractivity contribution in [3.63, 3.8) is 0 Å². The molecule has 2 aromatic carbocycles. The van der Waals surface area contributed by atoms with Gasteiger partial charge in [-0.15, -0.1) is 0 Å². The molecule has 0 unspecified atom stereocenters. The van der Waals surface area contributed by atoms with E-state index >= 15 is 0 Å². The number of carbonyl (C=O) groups excluding carboxylic acids is 2. The Morgan fingerprint density at radius 3 is 2.59 bits per heavy atom. The Hall–Kier alpha value is -2.72. The van der Waals surface area contributed by atoms with Crippen LogP contribution >= 0.6 is 0 Å². The highest BCUT2D eigenvalue weighted by molar-refractivity contribution is 6.71. The number of aliphatic hydroxyl groups excluding tert-OH is 1. The van der Waals surface area contributed by atoms with E-state index in [1.807, 2.05) is 68.5 Å². The number of fused-ring (bicyclic) bond motifs is 2. The first kappa shape index (κ1) is 25.9. The Morgan fingerprint density at radius 2 is 1.95 bits per heavy atom. The van der Waals surface area contributed by atoms with E-state index < -0.39 is 20.0 Å². The monoisotopic (exact) mass is 524 g/mol. The van der Waals surface area contributed by atoms with E-state index in [0.717, 1.165) is 18.5 Å². The molecule has 2 fully saturated rings. The van der Waals surface area contributed by atoms with Gasteiger partial charge in [-0.1, -0.05) is 25.1 Å². The van der Waals surface area contributed by atoms with Gasteiger partial charge in [0.1, 0.15) is 5.75 Å². The van der Waals surface area contributed by atoms with Crippen LogP contribution in [0.5, 0.6) is 5.75 Å². The molecule has 1 spiro atoms. The van der Waals surface area contributed by atoms with E-state index in [2.05, 4.69) is 0 Å². The summed E-state index contributed by atoms with van der Waals surface area (Å²) < 4.78 is 12.3. The van der Waals surface area contributed by atoms with Gasteiger partial charge in [-0.2, -0.15) is 0 Å². The zero-order valence-corrected chi connectivity index (χ0v) is 22.9. The zero-order valence-electron chi connectivity index (χ0n) is 21.9. The van der Waals surface area contributed by atoms with Crippen LogP contribution in [0, 0.1) is 5.92 Å². The van der Waals surface area contributed by atoms with Crippen LogP contribution in [-0.2, 0) is 19.9 Å². The van der Waals surface area contributed by atoms with E-state index in [-0.39, 0.29) is 42.3 Å². The SMILES string of the molecule is COc1ccc2c(c1)[C@]1(O[C@@H](CC(=O)N3CCC[C@H]3CO)[C@H]([Si](C)(C)O)[C@H]1C)C(=O)N2c1ccccc1. The summed E-state index contributed by atoms with van der Waals surface area (Å²) in [5.41, 5.74) is 0.424. The number of hydrogen-bond donors (Lipinski definition) is 2. The minimum atomic E-state index is -2.90. The largest absolute Gasteiger partial charge is 0.497 e. The average molecular weight is 525 g/mol. The molecule has 8 nitrogen and oxygen atoms in total. The lowest BCUT2D eigenvalue weighted by Gasteiger charge is -2.32. The van der Waals surface area contributed by atoms with E-state index in [1.165, 1.54) is 0 Å². The van der Waals surface area contributed by atoms with Gasteiger partial charge in [-0.25, -0.2) is 0 Å². The van der Waals surface area contributed by atoms with Crippen molar-refractivity contribution in [3.8, 4) is 5.75 Å². The van der Waals surface area contributed by atoms with Crippen LogP contribution in [0.25, 0.3) is 0 Å². The first-order chi connectivity index (χ1) is 17.6. The van der Waals surface area contributed by atoms with Crippen molar-refractivity contribution in [2.24, 2.45) is 5.92 Å². The van der Waals surface area contributed by atoms with Gasteiger partial charge in [0.25, 0.3) is 5.91 Å². The molecule has 5 atom stereocenters. The Labute approximate surface area is 218 Å². The predicted octanol–water partition coefficient (Wildman–Crippen LogP) is 3.54. The molecule has 0 aromatic heterocycles. The van der Waals surface area contributed by atoms with Crippen LogP contribution in [0.15, 0.2) is 48.5 Å². The topological polar surface area (TPSA) is 99.5 Å². The highest BCUT2D eigenvalue weighted by atomic mass is 28.4. The molecule has 9 heteroatoms. The molecule has 2 aromatic rings. The molecule has 0 bridgehead atoms. The molecule has 0 aliphatic carbocycles. The molecule has 3 heterocycles. The smallest absolute Gasteiger partial charge is 0.268 e. The van der Waals surface area contributed by atoms with Crippen LogP contribution in [0.4, 0.5) is 11.4 Å². The number of likely N-dealkylation sites (tertiary alicyclic amines) is 1. The van der Waals surface area contributed by atoms with E-state index in [1.54, 1.807) is 16.9 Å². The first-order valence-electron chi connectivity index (χ1n) is 13.0. The molecule has 37 heavy (non-hydrogen) atoms. The number of carbonyl (C=O) groups is 2. The van der Waals surface area contributed by atoms with E-state index in [0.29, 0.717) is 23.5 Å². The molecule has 198 valence electrons. The Balaban J connectivity index is 1.59. The van der Waals surface area contributed by atoms with Crippen molar-refractivity contribution in [2.45, 2.75) is 62.6 Å². The number of ether oxygens (including phenoxy) is 2. The van der Waals surface area contributed by atoms with Crippen LogP contribution in [0.3, 0.4) is 0 Å². The van der Waals surface area contributed by atoms with Gasteiger partial charge in [-0.3, -0.25) is 14.5 Å². The average Bonchev–Trinajstić information content (AvgIpc) is 3.53. The third kappa shape index (κ3) is 4.08. The maximum Gasteiger partial charge on any atom is 0.268 e. The minimum Gasteiger partial charge on any atom is -0.497 e. The van der Waals surface area contributed by atoms with Gasteiger partial charge in [0.2, 0.25) is 5.91 Å². The second-order valence-corrected chi connectivity index (χ2v) is 15.0. The molecule has 5 rings (SSSR count). The number of nitrogens with zero attached hydrogens (tertiary/aromatic N) is 2. The molecule has 0 radical (unpaired) electrons. The van der Waals surface area contributed by atoms with Gasteiger partial charge in [0, 0.05) is 29.3 Å². The molecular weight excluding hydrogens is 488 g/mol. The fourth-order valence-electron chi connectivity index (χ4n) is 6.79. The fourth-order valence-corrected chi connectivity index (χ4v) is 9.34. The zero-order chi connectivity index (χ0) is 26.5. The van der Waals surface area contributed by atoms with Crippen molar-refractivity contribution >= 4 is 31.5 Å². The summed E-state index contributed by atoms with van der Waals surface area (Å²) in [6.07, 6.45) is 1.05. The Morgan fingerprint density at radius 1 is 1.22 bits per heavy atom. The third-order valence-corrected chi connectivity index (χ3v) is 10.9. The quantitative estimate of drug-likeness (QED) is 0.561. The van der Waals surface area contributed by atoms with E-state index in [9.17, 15) is 19.5 Å². The summed E-state index contributed by atoms with van der Waals surface area (Å²) in [4.78, 5) is 42.7. The number of benzene rings is 2. The van der Waals surface area contributed by atoms with Crippen molar-refractivity contribution < 1.29 is 29.0 Å². The molecule has 2 saturated heterocycles. The molecule has 0 saturated carbocycles. The number of rotatable bonds is 6. The van der Waals surface area contributed by atoms with Crippen LogP contribution in [0.1, 0.15) is 31.7 Å². The molecular formula is C28H36N2O6Si. The highest BCUT2D eigenvalue weighted by Crippen LogP contribution is 2.61. The maximum absolute atomic E-state index is 14.4. The lowest BCUT2D eigenvalue weighted by atomic mass is 9.82. The minimum absolute atomic E-state index is 0.0577. The fraction of sp³-hybridized carbons (Fsp3) is 0.500. The summed E-state index contributed by atoms with van der Waals surface area (Å²) in [5, 5.41) is 9.75. The number of anilines is 2. The van der Waals surface area contributed by atoms with Gasteiger partial charge in [0.15, 0.2) is 13.9 Å². The van der Waals surface area contributed by atoms with Gasteiger partial charge < -0.3 is 24.3 Å². The van der Waals surface area contributed by atoms with Crippen LogP contribution in [-0.4, -0.2) is 67.3 Å². The Bertz CT molecular complexity index is 1180. The number of amides is 2. The Kier molecular flexibility index (Phi) is 6.68. The molecule has 3 aliphatic rings. The van der Waals surface area contributed by atoms with Gasteiger partial charge >= 0.3 is 0 Å². The summed E-state index contributed by atoms with van der Waals surface area (Å²) in [6, 6.07) is 14.8. The number of hydrogen-bond acceptors (Lipinski definition) is 6. The summed E-state index contributed by atoms with van der Waals surface area (Å²) >= 11 is 0. The molecule has 3 aliphatic heterocycles. The summed E-state index contributed by atoms with van der Waals surface area (Å²) in [5.74, 6) is -0.0975. The number of methoxy groups -OCH3 is 1. The first-order valence-corrected chi connectivity index (χ1v) is 16.0. The predicted molar refractivity (Wildman–Crippen MR) is 142 cm³/mol. The van der Waals surface area contributed by atoms with Crippen molar-refractivity contribution in [3.05, 3.63) is 54.1 Å². The molecule has 2 amide bonds. The highest BCUT2D eigenvalue weighted by Gasteiger charge is 2.66. The molecule has 2 N–H and O–H groups in total. The standard InChI is InChI=1S/C28H36N2O6Si/c1-18-26(37(3,4)34)24(16-25(32)29-14-8-11-20(29)17-31)36-28(18)22-15-21(35-2)12-13-23(22)30(27(28)33)19-9-6-5-7-10-19/h5-7,9-10,12-13,15,18,20,24,26,31,34H,8,11,14,16-17H2,1-4H3/t18-,20+,24+,26-,28+/m1/s1. The van der Waals surface area contributed by atoms with Crippen LogP contribution in [0.2, 0.25) is 18.6 Å². The van der Waals surface area contributed by atoms with Crippen LogP contribution < -0.4 is 9.64 Å². The summed E-state index contributed by atoms with van der Waals surface area (Å²) in [6.45, 7) is 6.19. The van der Waals surface area contributed by atoms with Gasteiger partial charge in [-0.05, 0) is 56.3 Å². The second-order valence-electron chi connectivity index (χ2n) is 11.0. The lowest BCUT2D eigenvalue weighted by molar-refractivity contribution is -0.149. The van der Waals surface area contributed by atoms with Crippen molar-refractivity contribution in [1.82, 2.24) is 4.90 Å². The normalized spacial score (nSPS) is 29.3. The third-order valence-electron chi connectivity index (χ3n) is 8.40. The maximum atomic E-state index is 14.4.